The number of carbonyl (C=O) groups excluding carboxylic acids is 2. The van der Waals surface area contributed by atoms with Gasteiger partial charge in [-0.3, -0.25) is 9.59 Å². The van der Waals surface area contributed by atoms with Gasteiger partial charge in [0, 0.05) is 5.69 Å². The van der Waals surface area contributed by atoms with E-state index in [0.717, 1.165) is 29.8 Å². The molecule has 0 heterocycles. The van der Waals surface area contributed by atoms with E-state index in [-0.39, 0.29) is 24.9 Å². The molecule has 0 saturated heterocycles. The summed E-state index contributed by atoms with van der Waals surface area (Å²) < 4.78 is 0. The fourth-order valence-corrected chi connectivity index (χ4v) is 2.89. The van der Waals surface area contributed by atoms with Crippen LogP contribution in [-0.4, -0.2) is 32.0 Å². The number of benzene rings is 2. The highest BCUT2D eigenvalue weighted by Gasteiger charge is 2.15. The van der Waals surface area contributed by atoms with Gasteiger partial charge in [0.05, 0.1) is 17.8 Å². The lowest BCUT2D eigenvalue weighted by atomic mass is 10.1. The Bertz CT molecular complexity index is 762. The molecule has 2 amide bonds. The molecule has 0 bridgehead atoms. The first-order valence-electron chi connectivity index (χ1n) is 9.22. The first-order chi connectivity index (χ1) is 13.0. The van der Waals surface area contributed by atoms with Crippen LogP contribution in [-0.2, 0) is 16.0 Å². The van der Waals surface area contributed by atoms with Crippen LogP contribution in [0.25, 0.3) is 0 Å². The summed E-state index contributed by atoms with van der Waals surface area (Å²) in [6, 6.07) is 15.0. The summed E-state index contributed by atoms with van der Waals surface area (Å²) in [5.74, 6) is -0.312. The van der Waals surface area contributed by atoms with E-state index in [2.05, 4.69) is 17.6 Å². The molecule has 5 nitrogen and oxygen atoms in total. The van der Waals surface area contributed by atoms with Gasteiger partial charge in [-0.1, -0.05) is 49.2 Å². The Labute approximate surface area is 165 Å². The van der Waals surface area contributed by atoms with Gasteiger partial charge in [-0.2, -0.15) is 0 Å². The predicted octanol–water partition coefficient (Wildman–Crippen LogP) is 2.77. The molecular weight excluding hydrogens is 362 g/mol. The van der Waals surface area contributed by atoms with Gasteiger partial charge in [0.25, 0.3) is 11.8 Å². The number of rotatable bonds is 9. The van der Waals surface area contributed by atoms with Crippen molar-refractivity contribution in [2.75, 3.05) is 30.8 Å². The molecule has 2 aromatic rings. The molecule has 0 aliphatic carbocycles. The van der Waals surface area contributed by atoms with Crippen molar-refractivity contribution in [3.63, 3.8) is 0 Å². The van der Waals surface area contributed by atoms with Crippen LogP contribution in [0, 0.1) is 0 Å². The zero-order valence-corrected chi connectivity index (χ0v) is 16.6. The lowest BCUT2D eigenvalue weighted by molar-refractivity contribution is -0.862. The van der Waals surface area contributed by atoms with Crippen molar-refractivity contribution in [2.45, 2.75) is 26.2 Å². The maximum Gasteiger partial charge on any atom is 0.279 e. The first-order valence-corrected chi connectivity index (χ1v) is 9.60. The van der Waals surface area contributed by atoms with Crippen LogP contribution in [0.3, 0.4) is 0 Å². The maximum atomic E-state index is 12.2. The molecule has 1 atom stereocenters. The fraction of sp³-hybridized carbons (Fsp3) is 0.333. The summed E-state index contributed by atoms with van der Waals surface area (Å²) in [7, 11) is 1.81. The van der Waals surface area contributed by atoms with Crippen molar-refractivity contribution >= 4 is 34.8 Å². The van der Waals surface area contributed by atoms with E-state index in [4.69, 9.17) is 11.6 Å². The van der Waals surface area contributed by atoms with Gasteiger partial charge in [-0.15, -0.1) is 0 Å². The molecule has 0 saturated carbocycles. The standard InChI is InChI=1S/C21H26ClN3O2/c1-3-4-7-16-10-12-17(13-11-16)23-20(26)14-25(2)15-21(27)24-19-9-6-5-8-18(19)22/h5-6,8-13H,3-4,7,14-15H2,1-2H3,(H,23,26)(H,24,27)/p+1. The van der Waals surface area contributed by atoms with Crippen LogP contribution < -0.4 is 15.5 Å². The van der Waals surface area contributed by atoms with E-state index in [1.807, 2.05) is 24.3 Å². The molecular formula is C21H27ClN3O2+. The first kappa shape index (κ1) is 20.9. The Morgan fingerprint density at radius 1 is 0.963 bits per heavy atom. The summed E-state index contributed by atoms with van der Waals surface area (Å²) in [6.45, 7) is 2.55. The average Bonchev–Trinajstić information content (AvgIpc) is 2.62. The number of amides is 2. The minimum atomic E-state index is -0.186. The third-order valence-corrected chi connectivity index (χ3v) is 4.46. The highest BCUT2D eigenvalue weighted by atomic mass is 35.5. The maximum absolute atomic E-state index is 12.2. The summed E-state index contributed by atoms with van der Waals surface area (Å²) in [4.78, 5) is 25.1. The molecule has 0 radical (unpaired) electrons. The fourth-order valence-electron chi connectivity index (χ4n) is 2.71. The number of quaternary nitrogens is 1. The summed E-state index contributed by atoms with van der Waals surface area (Å²) in [5, 5.41) is 6.13. The van der Waals surface area contributed by atoms with Gasteiger partial charge in [-0.05, 0) is 42.7 Å². The molecule has 2 rings (SSSR count). The predicted molar refractivity (Wildman–Crippen MR) is 110 cm³/mol. The smallest absolute Gasteiger partial charge is 0.279 e. The van der Waals surface area contributed by atoms with E-state index < -0.39 is 0 Å². The number of para-hydroxylation sites is 1. The van der Waals surface area contributed by atoms with Gasteiger partial charge in [0.1, 0.15) is 0 Å². The van der Waals surface area contributed by atoms with Crippen LogP contribution >= 0.6 is 11.6 Å². The van der Waals surface area contributed by atoms with Crippen molar-refractivity contribution < 1.29 is 14.5 Å². The van der Waals surface area contributed by atoms with Crippen molar-refractivity contribution in [1.29, 1.82) is 0 Å². The van der Waals surface area contributed by atoms with Crippen LogP contribution in [0.5, 0.6) is 0 Å². The molecule has 6 heteroatoms. The molecule has 0 fully saturated rings. The zero-order chi connectivity index (χ0) is 19.6. The highest BCUT2D eigenvalue weighted by molar-refractivity contribution is 6.33. The van der Waals surface area contributed by atoms with Crippen molar-refractivity contribution in [2.24, 2.45) is 0 Å². The van der Waals surface area contributed by atoms with Crippen LogP contribution in [0.2, 0.25) is 5.02 Å². The number of carbonyl (C=O) groups is 2. The number of likely N-dealkylation sites (N-methyl/N-ethyl adjacent to an activating group) is 1. The second-order valence-electron chi connectivity index (χ2n) is 6.69. The zero-order valence-electron chi connectivity index (χ0n) is 15.8. The topological polar surface area (TPSA) is 62.6 Å². The second-order valence-corrected chi connectivity index (χ2v) is 7.09. The average molecular weight is 389 g/mol. The third kappa shape index (κ3) is 7.41. The quantitative estimate of drug-likeness (QED) is 0.618. The summed E-state index contributed by atoms with van der Waals surface area (Å²) in [6.07, 6.45) is 3.38. The molecule has 144 valence electrons. The largest absolute Gasteiger partial charge is 0.322 e. The van der Waals surface area contributed by atoms with Crippen molar-refractivity contribution in [3.05, 3.63) is 59.1 Å². The second kappa shape index (κ2) is 10.7. The number of aryl methyl sites for hydroxylation is 1. The Morgan fingerprint density at radius 2 is 1.59 bits per heavy atom. The molecule has 27 heavy (non-hydrogen) atoms. The molecule has 0 aliphatic rings. The van der Waals surface area contributed by atoms with Crippen LogP contribution in [0.15, 0.2) is 48.5 Å². The van der Waals surface area contributed by atoms with E-state index >= 15 is 0 Å². The Kier molecular flexibility index (Phi) is 8.30. The number of hydrogen-bond donors (Lipinski definition) is 3. The van der Waals surface area contributed by atoms with Gasteiger partial charge in [0.15, 0.2) is 13.1 Å². The lowest BCUT2D eigenvalue weighted by Gasteiger charge is -2.14. The number of nitrogens with one attached hydrogen (secondary N) is 3. The molecule has 0 aromatic heterocycles. The van der Waals surface area contributed by atoms with Gasteiger partial charge >= 0.3 is 0 Å². The molecule has 1 unspecified atom stereocenters. The Balaban J connectivity index is 1.77. The number of halogens is 1. The normalized spacial score (nSPS) is 11.7. The molecule has 3 N–H and O–H groups in total. The van der Waals surface area contributed by atoms with E-state index in [0.29, 0.717) is 10.7 Å². The van der Waals surface area contributed by atoms with E-state index in [9.17, 15) is 9.59 Å². The van der Waals surface area contributed by atoms with Crippen LogP contribution in [0.1, 0.15) is 25.3 Å². The SMILES string of the molecule is CCCCc1ccc(NC(=O)C[NH+](C)CC(=O)Nc2ccccc2Cl)cc1. The van der Waals surface area contributed by atoms with Gasteiger partial charge in [0.2, 0.25) is 0 Å². The number of anilines is 2. The van der Waals surface area contributed by atoms with E-state index in [1.54, 1.807) is 31.3 Å². The number of unbranched alkanes of at least 4 members (excludes halogenated alkanes) is 1. The highest BCUT2D eigenvalue weighted by Crippen LogP contribution is 2.19. The van der Waals surface area contributed by atoms with Gasteiger partial charge in [-0.25, -0.2) is 0 Å². The molecule has 0 aliphatic heterocycles. The lowest BCUT2D eigenvalue weighted by Crippen LogP contribution is -3.11. The van der Waals surface area contributed by atoms with Crippen molar-refractivity contribution in [1.82, 2.24) is 0 Å². The summed E-state index contributed by atoms with van der Waals surface area (Å²) >= 11 is 6.03. The minimum absolute atomic E-state index is 0.126. The van der Waals surface area contributed by atoms with Crippen LogP contribution in [0.4, 0.5) is 11.4 Å². The van der Waals surface area contributed by atoms with Gasteiger partial charge < -0.3 is 15.5 Å². The Morgan fingerprint density at radius 3 is 2.22 bits per heavy atom. The molecule has 0 spiro atoms. The number of hydrogen-bond acceptors (Lipinski definition) is 2. The monoisotopic (exact) mass is 388 g/mol. The third-order valence-electron chi connectivity index (χ3n) is 4.13. The Hall–Kier alpha value is -2.37. The molecule has 2 aromatic carbocycles. The van der Waals surface area contributed by atoms with Crippen molar-refractivity contribution in [3.8, 4) is 0 Å². The van der Waals surface area contributed by atoms with E-state index in [1.165, 1.54) is 5.56 Å². The summed E-state index contributed by atoms with van der Waals surface area (Å²) in [5.41, 5.74) is 2.62. The minimum Gasteiger partial charge on any atom is -0.322 e.